The van der Waals surface area contributed by atoms with E-state index in [-0.39, 0.29) is 0 Å². The third-order valence-electron chi connectivity index (χ3n) is 2.90. The van der Waals surface area contributed by atoms with Gasteiger partial charge in [0.1, 0.15) is 0 Å². The first-order valence-electron chi connectivity index (χ1n) is 7.12. The molecule has 16 heavy (non-hydrogen) atoms. The third-order valence-corrected chi connectivity index (χ3v) is 3.16. The summed E-state index contributed by atoms with van der Waals surface area (Å²) in [5.74, 6) is 0.831. The van der Waals surface area contributed by atoms with Crippen molar-refractivity contribution in [1.82, 2.24) is 0 Å². The lowest BCUT2D eigenvalue weighted by Gasteiger charge is -1.97. The Bertz CT molecular complexity index is 140. The van der Waals surface area contributed by atoms with Crippen molar-refractivity contribution in [2.75, 3.05) is 5.88 Å². The standard InChI is InChI=1S/C15H29Cl/c1-2-3-4-5-6-7-8-9-10-11-12-13-14-15-16/h7-8H,2-6,9-15H2,1H3. The molecule has 0 amide bonds. The molecule has 0 aliphatic rings. The summed E-state index contributed by atoms with van der Waals surface area (Å²) in [5, 5.41) is 0. The maximum Gasteiger partial charge on any atom is 0.0223 e. The monoisotopic (exact) mass is 244 g/mol. The van der Waals surface area contributed by atoms with Crippen molar-refractivity contribution >= 4 is 11.6 Å². The van der Waals surface area contributed by atoms with Gasteiger partial charge in [0.15, 0.2) is 0 Å². The van der Waals surface area contributed by atoms with Crippen LogP contribution in [-0.2, 0) is 0 Å². The highest BCUT2D eigenvalue weighted by Crippen LogP contribution is 2.07. The first-order valence-corrected chi connectivity index (χ1v) is 7.66. The molecular formula is C15H29Cl. The number of unbranched alkanes of at least 4 members (excludes halogenated alkanes) is 9. The van der Waals surface area contributed by atoms with E-state index in [0.29, 0.717) is 0 Å². The lowest BCUT2D eigenvalue weighted by atomic mass is 10.1. The van der Waals surface area contributed by atoms with E-state index in [9.17, 15) is 0 Å². The van der Waals surface area contributed by atoms with Gasteiger partial charge < -0.3 is 0 Å². The molecule has 0 unspecified atom stereocenters. The second-order valence-corrected chi connectivity index (χ2v) is 4.94. The third kappa shape index (κ3) is 14.0. The quantitative estimate of drug-likeness (QED) is 0.221. The predicted molar refractivity (Wildman–Crippen MR) is 76.3 cm³/mol. The molecule has 0 aliphatic heterocycles. The minimum absolute atomic E-state index is 0.831. The van der Waals surface area contributed by atoms with Crippen LogP contribution in [-0.4, -0.2) is 5.88 Å². The molecule has 0 atom stereocenters. The van der Waals surface area contributed by atoms with Crippen LogP contribution < -0.4 is 0 Å². The number of halogens is 1. The van der Waals surface area contributed by atoms with Crippen LogP contribution >= 0.6 is 11.6 Å². The number of alkyl halides is 1. The van der Waals surface area contributed by atoms with Crippen LogP contribution in [0.3, 0.4) is 0 Å². The van der Waals surface area contributed by atoms with Crippen molar-refractivity contribution < 1.29 is 0 Å². The second kappa shape index (κ2) is 15.0. The van der Waals surface area contributed by atoms with Crippen molar-refractivity contribution in [3.05, 3.63) is 12.2 Å². The van der Waals surface area contributed by atoms with Gasteiger partial charge in [-0.05, 0) is 32.1 Å². The van der Waals surface area contributed by atoms with E-state index in [1.165, 1.54) is 70.6 Å². The predicted octanol–water partition coefficient (Wildman–Crippen LogP) is 6.09. The van der Waals surface area contributed by atoms with Crippen molar-refractivity contribution in [3.8, 4) is 0 Å². The molecule has 0 aromatic heterocycles. The van der Waals surface area contributed by atoms with Gasteiger partial charge in [-0.15, -0.1) is 11.6 Å². The Morgan fingerprint density at radius 1 is 0.688 bits per heavy atom. The Kier molecular flexibility index (Phi) is 15.1. The number of allylic oxidation sites excluding steroid dienone is 2. The molecular weight excluding hydrogens is 216 g/mol. The van der Waals surface area contributed by atoms with Gasteiger partial charge in [-0.1, -0.05) is 57.6 Å². The summed E-state index contributed by atoms with van der Waals surface area (Å²) in [5.41, 5.74) is 0. The lowest BCUT2D eigenvalue weighted by Crippen LogP contribution is -1.79. The average Bonchev–Trinajstić information content (AvgIpc) is 2.31. The fraction of sp³-hybridized carbons (Fsp3) is 0.867. The molecule has 0 radical (unpaired) electrons. The molecule has 0 nitrogen and oxygen atoms in total. The molecule has 0 spiro atoms. The van der Waals surface area contributed by atoms with Crippen molar-refractivity contribution in [2.45, 2.75) is 77.6 Å². The van der Waals surface area contributed by atoms with Gasteiger partial charge in [-0.25, -0.2) is 0 Å². The Morgan fingerprint density at radius 2 is 1.19 bits per heavy atom. The molecule has 0 bridgehead atoms. The van der Waals surface area contributed by atoms with Crippen molar-refractivity contribution in [1.29, 1.82) is 0 Å². The molecule has 1 heteroatoms. The summed E-state index contributed by atoms with van der Waals surface area (Å²) in [4.78, 5) is 0. The molecule has 0 N–H and O–H groups in total. The maximum absolute atomic E-state index is 5.62. The minimum atomic E-state index is 0.831. The summed E-state index contributed by atoms with van der Waals surface area (Å²) < 4.78 is 0. The summed E-state index contributed by atoms with van der Waals surface area (Å²) in [6.45, 7) is 2.26. The van der Waals surface area contributed by atoms with Gasteiger partial charge in [0, 0.05) is 5.88 Å². The first kappa shape index (κ1) is 16.0. The Hall–Kier alpha value is 0.0300. The Morgan fingerprint density at radius 3 is 1.75 bits per heavy atom. The van der Waals surface area contributed by atoms with Crippen molar-refractivity contribution in [2.24, 2.45) is 0 Å². The van der Waals surface area contributed by atoms with E-state index < -0.39 is 0 Å². The number of hydrogen-bond acceptors (Lipinski definition) is 0. The zero-order valence-corrected chi connectivity index (χ0v) is 11.8. The van der Waals surface area contributed by atoms with E-state index in [1.807, 2.05) is 0 Å². The average molecular weight is 245 g/mol. The smallest absolute Gasteiger partial charge is 0.0223 e. The van der Waals surface area contributed by atoms with Gasteiger partial charge in [0.2, 0.25) is 0 Å². The van der Waals surface area contributed by atoms with Gasteiger partial charge in [-0.3, -0.25) is 0 Å². The van der Waals surface area contributed by atoms with Crippen LogP contribution in [0, 0.1) is 0 Å². The molecule has 0 saturated carbocycles. The fourth-order valence-electron chi connectivity index (χ4n) is 1.81. The zero-order valence-electron chi connectivity index (χ0n) is 11.0. The highest BCUT2D eigenvalue weighted by atomic mass is 35.5. The van der Waals surface area contributed by atoms with E-state index >= 15 is 0 Å². The number of hydrogen-bond donors (Lipinski definition) is 0. The van der Waals surface area contributed by atoms with E-state index in [1.54, 1.807) is 0 Å². The molecule has 0 aliphatic carbocycles. The van der Waals surface area contributed by atoms with E-state index in [0.717, 1.165) is 5.88 Å². The lowest BCUT2D eigenvalue weighted by molar-refractivity contribution is 0.637. The molecule has 0 fully saturated rings. The van der Waals surface area contributed by atoms with Gasteiger partial charge in [0.05, 0.1) is 0 Å². The zero-order chi connectivity index (χ0) is 11.9. The molecule has 0 heterocycles. The first-order chi connectivity index (χ1) is 7.91. The molecule has 0 aromatic rings. The normalized spacial score (nSPS) is 11.4. The second-order valence-electron chi connectivity index (χ2n) is 4.57. The maximum atomic E-state index is 5.62. The molecule has 96 valence electrons. The van der Waals surface area contributed by atoms with E-state index in [2.05, 4.69) is 19.1 Å². The van der Waals surface area contributed by atoms with Gasteiger partial charge >= 0.3 is 0 Å². The van der Waals surface area contributed by atoms with Crippen LogP contribution in [0.2, 0.25) is 0 Å². The molecule has 0 rings (SSSR count). The minimum Gasteiger partial charge on any atom is -0.127 e. The summed E-state index contributed by atoms with van der Waals surface area (Å²) >= 11 is 5.62. The van der Waals surface area contributed by atoms with E-state index in [4.69, 9.17) is 11.6 Å². The van der Waals surface area contributed by atoms with Crippen LogP contribution in [0.15, 0.2) is 12.2 Å². The summed E-state index contributed by atoms with van der Waals surface area (Å²) in [6.07, 6.45) is 19.4. The SMILES string of the molecule is CCCCCCC=CCCCCCCCCl. The molecule has 0 aromatic carbocycles. The Labute approximate surface area is 107 Å². The fourth-order valence-corrected chi connectivity index (χ4v) is 2.00. The van der Waals surface area contributed by atoms with Crippen LogP contribution in [0.25, 0.3) is 0 Å². The van der Waals surface area contributed by atoms with Gasteiger partial charge in [-0.2, -0.15) is 0 Å². The largest absolute Gasteiger partial charge is 0.127 e. The highest BCUT2D eigenvalue weighted by Gasteiger charge is 1.88. The summed E-state index contributed by atoms with van der Waals surface area (Å²) in [6, 6.07) is 0. The molecule has 0 saturated heterocycles. The topological polar surface area (TPSA) is 0 Å². The van der Waals surface area contributed by atoms with Crippen molar-refractivity contribution in [3.63, 3.8) is 0 Å². The van der Waals surface area contributed by atoms with Crippen LogP contribution in [0.4, 0.5) is 0 Å². The highest BCUT2D eigenvalue weighted by molar-refractivity contribution is 6.17. The summed E-state index contributed by atoms with van der Waals surface area (Å²) in [7, 11) is 0. The number of rotatable bonds is 12. The van der Waals surface area contributed by atoms with Crippen LogP contribution in [0.1, 0.15) is 77.6 Å². The van der Waals surface area contributed by atoms with Gasteiger partial charge in [0.25, 0.3) is 0 Å². The van der Waals surface area contributed by atoms with Crippen LogP contribution in [0.5, 0.6) is 0 Å². The Balaban J connectivity index is 2.98.